The Balaban J connectivity index is 1.36. The van der Waals surface area contributed by atoms with Crippen molar-refractivity contribution >= 4 is 17.3 Å². The van der Waals surface area contributed by atoms with E-state index in [2.05, 4.69) is 58.1 Å². The molecule has 4 heteroatoms. The van der Waals surface area contributed by atoms with Gasteiger partial charge in [0.15, 0.2) is 0 Å². The lowest BCUT2D eigenvalue weighted by atomic mass is 9.68. The molecule has 0 saturated heterocycles. The molecule has 6 rings (SSSR count). The molecular formula is C26H25N3O. The normalized spacial score (nSPS) is 28.3. The van der Waals surface area contributed by atoms with Crippen molar-refractivity contribution < 1.29 is 4.79 Å². The summed E-state index contributed by atoms with van der Waals surface area (Å²) in [6.07, 6.45) is 7.37. The van der Waals surface area contributed by atoms with Crippen LogP contribution in [0.25, 0.3) is 0 Å². The number of rotatable bonds is 3. The maximum atomic E-state index is 12.9. The van der Waals surface area contributed by atoms with Crippen molar-refractivity contribution in [3.05, 3.63) is 89.7 Å². The summed E-state index contributed by atoms with van der Waals surface area (Å²) in [5.41, 5.74) is 5.34. The summed E-state index contributed by atoms with van der Waals surface area (Å²) in [6.45, 7) is 0. The van der Waals surface area contributed by atoms with Crippen LogP contribution in [0.1, 0.15) is 52.7 Å². The monoisotopic (exact) mass is 395 g/mol. The molecule has 2 bridgehead atoms. The Hall–Kier alpha value is -3.14. The zero-order valence-corrected chi connectivity index (χ0v) is 16.8. The zero-order chi connectivity index (χ0) is 20.1. The van der Waals surface area contributed by atoms with Gasteiger partial charge < -0.3 is 10.6 Å². The molecule has 1 aromatic heterocycles. The molecule has 0 radical (unpaired) electrons. The molecule has 1 amide bonds. The molecule has 30 heavy (non-hydrogen) atoms. The van der Waals surface area contributed by atoms with Gasteiger partial charge in [0.25, 0.3) is 5.91 Å². The molecule has 2 aromatic carbocycles. The highest BCUT2D eigenvalue weighted by molar-refractivity contribution is 6.04. The average Bonchev–Trinajstić information content (AvgIpc) is 3.42. The number of benzene rings is 2. The molecule has 150 valence electrons. The number of anilines is 2. The van der Waals surface area contributed by atoms with Gasteiger partial charge in [-0.3, -0.25) is 9.78 Å². The van der Waals surface area contributed by atoms with E-state index >= 15 is 0 Å². The number of carbonyl (C=O) groups excluding carboxylic acids is 1. The first-order valence-corrected chi connectivity index (χ1v) is 10.9. The van der Waals surface area contributed by atoms with Crippen LogP contribution in [0.4, 0.5) is 11.4 Å². The number of amides is 1. The second kappa shape index (κ2) is 6.98. The summed E-state index contributed by atoms with van der Waals surface area (Å²) in [6, 6.07) is 21.1. The van der Waals surface area contributed by atoms with E-state index in [4.69, 9.17) is 0 Å². The molecular weight excluding hydrogens is 370 g/mol. The van der Waals surface area contributed by atoms with Gasteiger partial charge in [-0.2, -0.15) is 0 Å². The number of aromatic nitrogens is 1. The third kappa shape index (κ3) is 2.82. The van der Waals surface area contributed by atoms with Gasteiger partial charge in [0, 0.05) is 17.4 Å². The van der Waals surface area contributed by atoms with Gasteiger partial charge in [-0.1, -0.05) is 30.3 Å². The lowest BCUT2D eigenvalue weighted by molar-refractivity contribution is 0.102. The second-order valence-electron chi connectivity index (χ2n) is 8.97. The fourth-order valence-corrected chi connectivity index (χ4v) is 6.26. The quantitative estimate of drug-likeness (QED) is 0.604. The smallest absolute Gasteiger partial charge is 0.255 e. The molecule has 2 fully saturated rings. The molecule has 2 aliphatic carbocycles. The minimum Gasteiger partial charge on any atom is -0.378 e. The highest BCUT2D eigenvalue weighted by Crippen LogP contribution is 2.63. The largest absolute Gasteiger partial charge is 0.378 e. The van der Waals surface area contributed by atoms with Gasteiger partial charge in [-0.05, 0) is 84.4 Å². The molecule has 2 saturated carbocycles. The van der Waals surface area contributed by atoms with Crippen LogP contribution in [0.2, 0.25) is 0 Å². The van der Waals surface area contributed by atoms with Crippen LogP contribution in [-0.2, 0) is 0 Å². The van der Waals surface area contributed by atoms with Gasteiger partial charge >= 0.3 is 0 Å². The van der Waals surface area contributed by atoms with Crippen LogP contribution in [0, 0.1) is 17.8 Å². The Kier molecular flexibility index (Phi) is 4.12. The number of hydrogen-bond acceptors (Lipinski definition) is 3. The van der Waals surface area contributed by atoms with Crippen molar-refractivity contribution in [2.45, 2.75) is 31.2 Å². The predicted octanol–water partition coefficient (Wildman–Crippen LogP) is 5.63. The predicted molar refractivity (Wildman–Crippen MR) is 118 cm³/mol. The Morgan fingerprint density at radius 1 is 1.00 bits per heavy atom. The maximum absolute atomic E-state index is 12.9. The van der Waals surface area contributed by atoms with E-state index in [0.717, 1.165) is 23.1 Å². The minimum atomic E-state index is -0.0734. The van der Waals surface area contributed by atoms with E-state index in [0.29, 0.717) is 17.9 Å². The molecule has 5 atom stereocenters. The molecule has 0 spiro atoms. The number of nitrogens with one attached hydrogen (secondary N) is 2. The highest BCUT2D eigenvalue weighted by Gasteiger charge is 2.53. The van der Waals surface area contributed by atoms with Crippen molar-refractivity contribution in [3.8, 4) is 0 Å². The molecule has 1 aliphatic heterocycles. The van der Waals surface area contributed by atoms with Crippen LogP contribution >= 0.6 is 0 Å². The summed E-state index contributed by atoms with van der Waals surface area (Å²) >= 11 is 0. The van der Waals surface area contributed by atoms with Crippen molar-refractivity contribution in [1.29, 1.82) is 0 Å². The first-order valence-electron chi connectivity index (χ1n) is 10.9. The zero-order valence-electron chi connectivity index (χ0n) is 16.8. The molecule has 4 nitrogen and oxygen atoms in total. The average molecular weight is 396 g/mol. The van der Waals surface area contributed by atoms with E-state index in [1.807, 2.05) is 18.2 Å². The van der Waals surface area contributed by atoms with Gasteiger partial charge in [0.2, 0.25) is 0 Å². The Bertz CT molecular complexity index is 1080. The first-order chi connectivity index (χ1) is 14.8. The van der Waals surface area contributed by atoms with Gasteiger partial charge in [0.1, 0.15) is 0 Å². The highest BCUT2D eigenvalue weighted by atomic mass is 16.1. The van der Waals surface area contributed by atoms with E-state index < -0.39 is 0 Å². The summed E-state index contributed by atoms with van der Waals surface area (Å²) in [4.78, 5) is 17.0. The van der Waals surface area contributed by atoms with Crippen molar-refractivity contribution in [2.24, 2.45) is 17.8 Å². The third-order valence-corrected chi connectivity index (χ3v) is 7.43. The molecule has 3 aromatic rings. The van der Waals surface area contributed by atoms with Crippen LogP contribution < -0.4 is 10.6 Å². The van der Waals surface area contributed by atoms with Gasteiger partial charge in [-0.15, -0.1) is 0 Å². The Morgan fingerprint density at radius 2 is 1.87 bits per heavy atom. The Labute approximate surface area is 176 Å². The lowest BCUT2D eigenvalue weighted by Crippen LogP contribution is -2.35. The molecule has 0 unspecified atom stereocenters. The molecule has 2 heterocycles. The van der Waals surface area contributed by atoms with Crippen LogP contribution in [0.15, 0.2) is 73.1 Å². The van der Waals surface area contributed by atoms with Gasteiger partial charge in [0.05, 0.1) is 17.9 Å². The fraction of sp³-hybridized carbons (Fsp3) is 0.308. The fourth-order valence-electron chi connectivity index (χ4n) is 6.26. The number of hydrogen-bond donors (Lipinski definition) is 2. The topological polar surface area (TPSA) is 54.0 Å². The first kappa shape index (κ1) is 17.7. The van der Waals surface area contributed by atoms with Gasteiger partial charge in [-0.25, -0.2) is 0 Å². The number of pyridine rings is 1. The number of nitrogens with zero attached hydrogens (tertiary/aromatic N) is 1. The van der Waals surface area contributed by atoms with Crippen LogP contribution in [0.5, 0.6) is 0 Å². The summed E-state index contributed by atoms with van der Waals surface area (Å²) in [5.74, 6) is 2.59. The van der Waals surface area contributed by atoms with E-state index in [1.54, 1.807) is 12.4 Å². The summed E-state index contributed by atoms with van der Waals surface area (Å²) < 4.78 is 0. The van der Waals surface area contributed by atoms with E-state index in [-0.39, 0.29) is 5.91 Å². The van der Waals surface area contributed by atoms with Crippen molar-refractivity contribution in [3.63, 3.8) is 0 Å². The molecule has 2 N–H and O–H groups in total. The number of carbonyl (C=O) groups is 1. The third-order valence-electron chi connectivity index (χ3n) is 7.43. The molecule has 3 aliphatic rings. The van der Waals surface area contributed by atoms with E-state index in [9.17, 15) is 4.79 Å². The minimum absolute atomic E-state index is 0.0734. The summed E-state index contributed by atoms with van der Waals surface area (Å²) in [5, 5.41) is 6.82. The maximum Gasteiger partial charge on any atom is 0.255 e. The van der Waals surface area contributed by atoms with Crippen molar-refractivity contribution in [2.75, 3.05) is 10.6 Å². The Morgan fingerprint density at radius 3 is 2.70 bits per heavy atom. The lowest BCUT2D eigenvalue weighted by Gasteiger charge is -2.43. The standard InChI is InChI=1S/C26H25N3O/c30-26(28-20-7-4-12-27-15-20)19-10-11-22-21(14-19)23-17-8-9-18(13-17)24(23)25(29-22)16-5-2-1-3-6-16/h1-7,10-12,14-15,17-18,23-25,29H,8-9,13H2,(H,28,30)/t17-,18+,23-,24-,25+/m0/s1. The van der Waals surface area contributed by atoms with E-state index in [1.165, 1.54) is 36.1 Å². The van der Waals surface area contributed by atoms with Crippen molar-refractivity contribution in [1.82, 2.24) is 4.98 Å². The summed E-state index contributed by atoms with van der Waals surface area (Å²) in [7, 11) is 0. The van der Waals surface area contributed by atoms with Crippen LogP contribution in [0.3, 0.4) is 0 Å². The SMILES string of the molecule is O=C(Nc1cccnc1)c1ccc2c(c1)[C@@H]1[C@H]3CC[C@H](C3)[C@@H]1[C@@H](c1ccccc1)N2. The second-order valence-corrected chi connectivity index (χ2v) is 8.97. The van der Waals surface area contributed by atoms with Crippen LogP contribution in [-0.4, -0.2) is 10.9 Å². The number of fused-ring (bicyclic) bond motifs is 7.